The van der Waals surface area contributed by atoms with Crippen molar-refractivity contribution in [3.8, 4) is 5.75 Å². The number of likely N-dealkylation sites (tertiary alicyclic amines) is 1. The van der Waals surface area contributed by atoms with Gasteiger partial charge < -0.3 is 14.5 Å². The van der Waals surface area contributed by atoms with Crippen LogP contribution in [0.25, 0.3) is 0 Å². The zero-order chi connectivity index (χ0) is 15.1. The van der Waals surface area contributed by atoms with Crippen molar-refractivity contribution in [1.82, 2.24) is 9.88 Å². The summed E-state index contributed by atoms with van der Waals surface area (Å²) in [6, 6.07) is 2.25. The molecule has 0 radical (unpaired) electrons. The van der Waals surface area contributed by atoms with Crippen LogP contribution in [-0.4, -0.2) is 43.3 Å². The van der Waals surface area contributed by atoms with Crippen molar-refractivity contribution >= 4 is 0 Å². The smallest absolute Gasteiger partial charge is 0.223 e. The van der Waals surface area contributed by atoms with E-state index < -0.39 is 0 Å². The standard InChI is InChI=1S/C16H26N2O3/c1-20-9-5-7-14-6-3-4-8-18(14)12-13-10-15(19)16(21-2)11-17-13/h10-11,14H,3-9,12H2,1-2H3,(H,17,19). The second kappa shape index (κ2) is 8.20. The molecule has 0 aliphatic carbocycles. The van der Waals surface area contributed by atoms with Crippen molar-refractivity contribution in [1.29, 1.82) is 0 Å². The van der Waals surface area contributed by atoms with Gasteiger partial charge in [0.2, 0.25) is 5.43 Å². The third kappa shape index (κ3) is 4.58. The first-order valence-corrected chi connectivity index (χ1v) is 7.73. The van der Waals surface area contributed by atoms with Crippen molar-refractivity contribution in [2.75, 3.05) is 27.4 Å². The van der Waals surface area contributed by atoms with E-state index in [-0.39, 0.29) is 5.43 Å². The molecule has 1 aliphatic heterocycles. The molecule has 2 heterocycles. The molecule has 1 N–H and O–H groups in total. The first-order chi connectivity index (χ1) is 10.2. The summed E-state index contributed by atoms with van der Waals surface area (Å²) in [7, 11) is 3.27. The third-order valence-electron chi connectivity index (χ3n) is 4.17. The van der Waals surface area contributed by atoms with E-state index in [4.69, 9.17) is 9.47 Å². The minimum Gasteiger partial charge on any atom is -0.491 e. The Hall–Kier alpha value is -1.33. The summed E-state index contributed by atoms with van der Waals surface area (Å²) in [5, 5.41) is 0. The fraction of sp³-hybridized carbons (Fsp3) is 0.688. The van der Waals surface area contributed by atoms with Gasteiger partial charge in [0.05, 0.1) is 7.11 Å². The van der Waals surface area contributed by atoms with Crippen LogP contribution in [-0.2, 0) is 11.3 Å². The molecule has 1 aromatic heterocycles. The van der Waals surface area contributed by atoms with E-state index in [1.165, 1.54) is 26.4 Å². The number of methoxy groups -OCH3 is 2. The molecule has 1 saturated heterocycles. The minimum absolute atomic E-state index is 0.0563. The zero-order valence-corrected chi connectivity index (χ0v) is 13.1. The normalized spacial score (nSPS) is 19.6. The number of nitrogens with zero attached hydrogens (tertiary/aromatic N) is 1. The van der Waals surface area contributed by atoms with Gasteiger partial charge in [0, 0.05) is 44.3 Å². The molecule has 1 unspecified atom stereocenters. The van der Waals surface area contributed by atoms with Crippen LogP contribution in [0.15, 0.2) is 17.1 Å². The molecule has 0 saturated carbocycles. The largest absolute Gasteiger partial charge is 0.491 e. The quantitative estimate of drug-likeness (QED) is 0.783. The lowest BCUT2D eigenvalue weighted by atomic mass is 9.98. The number of rotatable bonds is 7. The molecule has 0 bridgehead atoms. The number of aromatic amines is 1. The van der Waals surface area contributed by atoms with Gasteiger partial charge >= 0.3 is 0 Å². The topological polar surface area (TPSA) is 54.6 Å². The van der Waals surface area contributed by atoms with E-state index in [2.05, 4.69) is 9.88 Å². The van der Waals surface area contributed by atoms with Gasteiger partial charge in [0.1, 0.15) is 0 Å². The first kappa shape index (κ1) is 16.0. The third-order valence-corrected chi connectivity index (χ3v) is 4.17. The Balaban J connectivity index is 1.98. The van der Waals surface area contributed by atoms with Crippen molar-refractivity contribution in [2.24, 2.45) is 0 Å². The monoisotopic (exact) mass is 294 g/mol. The summed E-state index contributed by atoms with van der Waals surface area (Å²) >= 11 is 0. The molecule has 1 aromatic rings. The van der Waals surface area contributed by atoms with Crippen LogP contribution in [0.1, 0.15) is 37.8 Å². The summed E-state index contributed by atoms with van der Waals surface area (Å²) in [4.78, 5) is 17.5. The molecular formula is C16H26N2O3. The molecule has 1 atom stereocenters. The van der Waals surface area contributed by atoms with Crippen molar-refractivity contribution in [3.05, 3.63) is 28.2 Å². The number of H-pyrrole nitrogens is 1. The summed E-state index contributed by atoms with van der Waals surface area (Å²) < 4.78 is 10.2. The van der Waals surface area contributed by atoms with E-state index in [9.17, 15) is 4.79 Å². The van der Waals surface area contributed by atoms with Crippen LogP contribution < -0.4 is 10.2 Å². The van der Waals surface area contributed by atoms with Crippen LogP contribution in [0.4, 0.5) is 0 Å². The number of nitrogens with one attached hydrogen (secondary N) is 1. The maximum atomic E-state index is 11.8. The average Bonchev–Trinajstić information content (AvgIpc) is 2.49. The lowest BCUT2D eigenvalue weighted by molar-refractivity contribution is 0.115. The molecule has 2 rings (SSSR count). The van der Waals surface area contributed by atoms with Gasteiger partial charge in [-0.25, -0.2) is 0 Å². The molecule has 0 spiro atoms. The SMILES string of the molecule is COCCCC1CCCCN1Cc1cc(=O)c(OC)c[nH]1. The molecule has 1 fully saturated rings. The Morgan fingerprint density at radius 1 is 1.38 bits per heavy atom. The van der Waals surface area contributed by atoms with Gasteiger partial charge in [-0.3, -0.25) is 9.69 Å². The Bertz CT molecular complexity index is 487. The van der Waals surface area contributed by atoms with E-state index in [0.717, 1.165) is 38.2 Å². The fourth-order valence-corrected chi connectivity index (χ4v) is 3.03. The second-order valence-corrected chi connectivity index (χ2v) is 5.65. The average molecular weight is 294 g/mol. The van der Waals surface area contributed by atoms with E-state index in [0.29, 0.717) is 11.8 Å². The Morgan fingerprint density at radius 2 is 2.24 bits per heavy atom. The maximum Gasteiger partial charge on any atom is 0.223 e. The highest BCUT2D eigenvalue weighted by atomic mass is 16.5. The molecule has 21 heavy (non-hydrogen) atoms. The lowest BCUT2D eigenvalue weighted by Crippen LogP contribution is -2.39. The van der Waals surface area contributed by atoms with Crippen LogP contribution in [0.5, 0.6) is 5.75 Å². The number of hydrogen-bond acceptors (Lipinski definition) is 4. The van der Waals surface area contributed by atoms with Gasteiger partial charge in [0.15, 0.2) is 5.75 Å². The zero-order valence-electron chi connectivity index (χ0n) is 13.1. The molecule has 118 valence electrons. The summed E-state index contributed by atoms with van der Waals surface area (Å²) in [6.45, 7) is 2.73. The van der Waals surface area contributed by atoms with Crippen LogP contribution in [0, 0.1) is 0 Å². The highest BCUT2D eigenvalue weighted by molar-refractivity contribution is 5.20. The molecular weight excluding hydrogens is 268 g/mol. The fourth-order valence-electron chi connectivity index (χ4n) is 3.03. The Morgan fingerprint density at radius 3 is 2.95 bits per heavy atom. The number of piperidine rings is 1. The highest BCUT2D eigenvalue weighted by Gasteiger charge is 2.22. The Labute approximate surface area is 126 Å². The van der Waals surface area contributed by atoms with Gasteiger partial charge in [-0.15, -0.1) is 0 Å². The second-order valence-electron chi connectivity index (χ2n) is 5.65. The number of ether oxygens (including phenoxy) is 2. The number of aromatic nitrogens is 1. The summed E-state index contributed by atoms with van der Waals surface area (Å²) in [6.07, 6.45) is 7.69. The predicted molar refractivity (Wildman–Crippen MR) is 82.8 cm³/mol. The maximum absolute atomic E-state index is 11.8. The van der Waals surface area contributed by atoms with E-state index in [1.54, 1.807) is 19.4 Å². The number of hydrogen-bond donors (Lipinski definition) is 1. The van der Waals surface area contributed by atoms with Gasteiger partial charge in [-0.2, -0.15) is 0 Å². The first-order valence-electron chi connectivity index (χ1n) is 7.73. The highest BCUT2D eigenvalue weighted by Crippen LogP contribution is 2.22. The lowest BCUT2D eigenvalue weighted by Gasteiger charge is -2.35. The minimum atomic E-state index is -0.0563. The van der Waals surface area contributed by atoms with Crippen molar-refractivity contribution < 1.29 is 9.47 Å². The Kier molecular flexibility index (Phi) is 6.26. The van der Waals surface area contributed by atoms with Gasteiger partial charge in [0.25, 0.3) is 0 Å². The molecule has 5 nitrogen and oxygen atoms in total. The van der Waals surface area contributed by atoms with Crippen LogP contribution in [0.2, 0.25) is 0 Å². The molecule has 1 aliphatic rings. The van der Waals surface area contributed by atoms with Crippen molar-refractivity contribution in [2.45, 2.75) is 44.7 Å². The molecule has 0 aromatic carbocycles. The summed E-state index contributed by atoms with van der Waals surface area (Å²) in [5.41, 5.74) is 0.902. The molecule has 5 heteroatoms. The molecule has 0 amide bonds. The summed E-state index contributed by atoms with van der Waals surface area (Å²) in [5.74, 6) is 0.369. The van der Waals surface area contributed by atoms with Gasteiger partial charge in [-0.1, -0.05) is 6.42 Å². The van der Waals surface area contributed by atoms with Crippen molar-refractivity contribution in [3.63, 3.8) is 0 Å². The van der Waals surface area contributed by atoms with E-state index in [1.807, 2.05) is 0 Å². The van der Waals surface area contributed by atoms with Gasteiger partial charge in [-0.05, 0) is 32.2 Å². The van der Waals surface area contributed by atoms with E-state index >= 15 is 0 Å². The van der Waals surface area contributed by atoms with Crippen LogP contribution >= 0.6 is 0 Å². The van der Waals surface area contributed by atoms with Crippen LogP contribution in [0.3, 0.4) is 0 Å². The predicted octanol–water partition coefficient (Wildman–Crippen LogP) is 2.16. The number of pyridine rings is 1.